The minimum Gasteiger partial charge on any atom is -0.504 e. The molecule has 1 heterocycles. The van der Waals surface area contributed by atoms with Gasteiger partial charge in [0.1, 0.15) is 17.3 Å². The summed E-state index contributed by atoms with van der Waals surface area (Å²) in [6.07, 6.45) is 0. The third-order valence-corrected chi connectivity index (χ3v) is 3.41. The van der Waals surface area contributed by atoms with Crippen LogP contribution >= 0.6 is 0 Å². The lowest BCUT2D eigenvalue weighted by Gasteiger charge is -2.11. The van der Waals surface area contributed by atoms with Gasteiger partial charge in [0.2, 0.25) is 0 Å². The van der Waals surface area contributed by atoms with Crippen LogP contribution in [0, 0.1) is 6.92 Å². The number of methoxy groups -OCH3 is 2. The van der Waals surface area contributed by atoms with Crippen molar-refractivity contribution in [2.45, 2.75) is 6.92 Å². The van der Waals surface area contributed by atoms with E-state index in [0.717, 1.165) is 0 Å². The molecule has 0 spiro atoms. The molecule has 5 heteroatoms. The quantitative estimate of drug-likeness (QED) is 0.733. The second kappa shape index (κ2) is 4.70. The molecule has 21 heavy (non-hydrogen) atoms. The second-order valence-corrected chi connectivity index (χ2v) is 4.75. The van der Waals surface area contributed by atoms with Crippen LogP contribution in [0.25, 0.3) is 21.7 Å². The molecule has 0 saturated carbocycles. The lowest BCUT2D eigenvalue weighted by Crippen LogP contribution is -2.02. The molecule has 1 N–H and O–H groups in total. The Hall–Kier alpha value is -2.69. The van der Waals surface area contributed by atoms with Crippen molar-refractivity contribution in [3.05, 3.63) is 40.2 Å². The molecule has 0 bridgehead atoms. The number of ether oxygens (including phenoxy) is 2. The van der Waals surface area contributed by atoms with E-state index >= 15 is 0 Å². The summed E-state index contributed by atoms with van der Waals surface area (Å²) >= 11 is 0. The Morgan fingerprint density at radius 3 is 2.48 bits per heavy atom. The maximum Gasteiger partial charge on any atom is 0.193 e. The monoisotopic (exact) mass is 286 g/mol. The van der Waals surface area contributed by atoms with Gasteiger partial charge in [0, 0.05) is 17.5 Å². The van der Waals surface area contributed by atoms with E-state index in [2.05, 4.69) is 0 Å². The normalized spacial score (nSPS) is 11.0. The van der Waals surface area contributed by atoms with Gasteiger partial charge in [-0.3, -0.25) is 4.79 Å². The minimum absolute atomic E-state index is 0.0893. The van der Waals surface area contributed by atoms with Crippen molar-refractivity contribution in [2.24, 2.45) is 0 Å². The summed E-state index contributed by atoms with van der Waals surface area (Å²) in [5, 5.41) is 11.7. The van der Waals surface area contributed by atoms with Crippen LogP contribution in [0.2, 0.25) is 0 Å². The molecule has 0 aliphatic rings. The van der Waals surface area contributed by atoms with Crippen molar-refractivity contribution in [3.63, 3.8) is 0 Å². The highest BCUT2D eigenvalue weighted by molar-refractivity contribution is 6.11. The molecular formula is C16H14O5. The number of aromatic hydroxyl groups is 1. The number of fused-ring (bicyclic) bond motifs is 3. The lowest BCUT2D eigenvalue weighted by molar-refractivity contribution is 0.398. The molecule has 0 radical (unpaired) electrons. The molecule has 1 aromatic heterocycles. The Morgan fingerprint density at radius 1 is 1.05 bits per heavy atom. The first-order valence-electron chi connectivity index (χ1n) is 6.37. The molecule has 0 saturated heterocycles. The largest absolute Gasteiger partial charge is 0.504 e. The fraction of sp³-hybridized carbons (Fsp3) is 0.188. The molecule has 108 valence electrons. The van der Waals surface area contributed by atoms with Crippen molar-refractivity contribution in [1.29, 1.82) is 0 Å². The van der Waals surface area contributed by atoms with Crippen molar-refractivity contribution in [3.8, 4) is 17.2 Å². The summed E-state index contributed by atoms with van der Waals surface area (Å²) in [6, 6.07) is 6.35. The summed E-state index contributed by atoms with van der Waals surface area (Å²) in [4.78, 5) is 12.3. The van der Waals surface area contributed by atoms with Crippen molar-refractivity contribution < 1.29 is 19.0 Å². The average Bonchev–Trinajstić information content (AvgIpc) is 2.46. The van der Waals surface area contributed by atoms with E-state index in [1.54, 1.807) is 26.2 Å². The molecule has 0 aliphatic carbocycles. The van der Waals surface area contributed by atoms with E-state index in [4.69, 9.17) is 13.9 Å². The predicted molar refractivity (Wildman–Crippen MR) is 79.5 cm³/mol. The van der Waals surface area contributed by atoms with E-state index in [1.165, 1.54) is 19.2 Å². The maximum absolute atomic E-state index is 12.3. The number of phenolic OH excluding ortho intramolecular Hbond substituents is 1. The van der Waals surface area contributed by atoms with Crippen LogP contribution in [0.15, 0.2) is 33.5 Å². The molecule has 2 aromatic carbocycles. The Labute approximate surface area is 120 Å². The van der Waals surface area contributed by atoms with Gasteiger partial charge >= 0.3 is 0 Å². The van der Waals surface area contributed by atoms with Crippen LogP contribution in [0.3, 0.4) is 0 Å². The Bertz CT molecular complexity index is 908. The zero-order valence-electron chi connectivity index (χ0n) is 11.9. The van der Waals surface area contributed by atoms with Crippen LogP contribution in [0.4, 0.5) is 0 Å². The number of hydrogen-bond donors (Lipinski definition) is 1. The third-order valence-electron chi connectivity index (χ3n) is 3.41. The topological polar surface area (TPSA) is 68.9 Å². The van der Waals surface area contributed by atoms with Crippen molar-refractivity contribution in [2.75, 3.05) is 14.2 Å². The summed E-state index contributed by atoms with van der Waals surface area (Å²) in [5.41, 5.74) is -0.0610. The van der Waals surface area contributed by atoms with E-state index in [-0.39, 0.29) is 16.8 Å². The summed E-state index contributed by atoms with van der Waals surface area (Å²) < 4.78 is 16.1. The first-order valence-corrected chi connectivity index (χ1v) is 6.37. The molecule has 0 aliphatic heterocycles. The molecule has 0 atom stereocenters. The van der Waals surface area contributed by atoms with Crippen LogP contribution in [-0.4, -0.2) is 19.3 Å². The van der Waals surface area contributed by atoms with Gasteiger partial charge < -0.3 is 19.0 Å². The van der Waals surface area contributed by atoms with Crippen LogP contribution < -0.4 is 14.9 Å². The zero-order valence-corrected chi connectivity index (χ0v) is 11.9. The Morgan fingerprint density at radius 2 is 1.81 bits per heavy atom. The van der Waals surface area contributed by atoms with E-state index in [0.29, 0.717) is 33.4 Å². The average molecular weight is 286 g/mol. The Kier molecular flexibility index (Phi) is 2.97. The van der Waals surface area contributed by atoms with Crippen LogP contribution in [0.1, 0.15) is 5.76 Å². The SMILES string of the molecule is COc1cc(OC)c2c(c1)cc(O)c1oc(C)cc(=O)c12. The smallest absolute Gasteiger partial charge is 0.193 e. The first kappa shape index (κ1) is 13.3. The number of phenols is 1. The second-order valence-electron chi connectivity index (χ2n) is 4.75. The third kappa shape index (κ3) is 1.98. The number of hydrogen-bond acceptors (Lipinski definition) is 5. The van der Waals surface area contributed by atoms with Crippen molar-refractivity contribution >= 4 is 21.7 Å². The number of aryl methyl sites for hydroxylation is 1. The van der Waals surface area contributed by atoms with Gasteiger partial charge in [-0.25, -0.2) is 0 Å². The number of benzene rings is 2. The van der Waals surface area contributed by atoms with Gasteiger partial charge in [-0.1, -0.05) is 0 Å². The molecule has 0 amide bonds. The van der Waals surface area contributed by atoms with Gasteiger partial charge in [-0.15, -0.1) is 0 Å². The van der Waals surface area contributed by atoms with Crippen LogP contribution in [-0.2, 0) is 0 Å². The maximum atomic E-state index is 12.3. The first-order chi connectivity index (χ1) is 10.0. The minimum atomic E-state index is -0.224. The van der Waals surface area contributed by atoms with Gasteiger partial charge in [0.15, 0.2) is 16.8 Å². The van der Waals surface area contributed by atoms with Gasteiger partial charge in [0.25, 0.3) is 0 Å². The van der Waals surface area contributed by atoms with Crippen LogP contribution in [0.5, 0.6) is 17.2 Å². The Balaban J connectivity index is 2.62. The van der Waals surface area contributed by atoms with Gasteiger partial charge in [-0.05, 0) is 24.4 Å². The lowest BCUT2D eigenvalue weighted by atomic mass is 10.0. The fourth-order valence-electron chi connectivity index (χ4n) is 2.51. The molecule has 3 rings (SSSR count). The van der Waals surface area contributed by atoms with Crippen molar-refractivity contribution in [1.82, 2.24) is 0 Å². The molecule has 0 unspecified atom stereocenters. The van der Waals surface area contributed by atoms with E-state index < -0.39 is 0 Å². The highest BCUT2D eigenvalue weighted by Gasteiger charge is 2.16. The van der Waals surface area contributed by atoms with Gasteiger partial charge in [-0.2, -0.15) is 0 Å². The van der Waals surface area contributed by atoms with Gasteiger partial charge in [0.05, 0.1) is 19.6 Å². The van der Waals surface area contributed by atoms with E-state index in [9.17, 15) is 9.90 Å². The summed E-state index contributed by atoms with van der Waals surface area (Å²) in [7, 11) is 3.06. The summed E-state index contributed by atoms with van der Waals surface area (Å²) in [6.45, 7) is 1.66. The van der Waals surface area contributed by atoms with E-state index in [1.807, 2.05) is 0 Å². The summed E-state index contributed by atoms with van der Waals surface area (Å²) in [5.74, 6) is 1.42. The predicted octanol–water partition coefficient (Wildman–Crippen LogP) is 2.98. The highest BCUT2D eigenvalue weighted by Crippen LogP contribution is 2.39. The standard InChI is InChI=1S/C16H14O5/c1-8-4-11(17)15-14-9(6-12(18)16(15)21-8)5-10(19-2)7-13(14)20-3/h4-7,18H,1-3H3. The molecule has 0 fully saturated rings. The fourth-order valence-corrected chi connectivity index (χ4v) is 2.51. The molecular weight excluding hydrogens is 272 g/mol. The zero-order chi connectivity index (χ0) is 15.1. The molecule has 5 nitrogen and oxygen atoms in total. The number of rotatable bonds is 2. The molecule has 3 aromatic rings. The highest BCUT2D eigenvalue weighted by atomic mass is 16.5.